The minimum absolute atomic E-state index is 0.322. The van der Waals surface area contributed by atoms with Crippen LogP contribution in [0.3, 0.4) is 0 Å². The summed E-state index contributed by atoms with van der Waals surface area (Å²) in [5, 5.41) is 1.77. The first-order valence-electron chi connectivity index (χ1n) is 13.6. The maximum atomic E-state index is 14.7. The number of hydrogen-bond donors (Lipinski definition) is 0. The van der Waals surface area contributed by atoms with Gasteiger partial charge >= 0.3 is 0 Å². The van der Waals surface area contributed by atoms with Crippen LogP contribution < -0.4 is 0 Å². The van der Waals surface area contributed by atoms with Crippen molar-refractivity contribution in [1.82, 2.24) is 0 Å². The summed E-state index contributed by atoms with van der Waals surface area (Å²) in [4.78, 5) is 0.628. The smallest absolute Gasteiger partial charge is 0.123 e. The van der Waals surface area contributed by atoms with Crippen LogP contribution in [0.2, 0.25) is 0 Å². The highest BCUT2D eigenvalue weighted by Crippen LogP contribution is 2.45. The molecule has 0 radical (unpaired) electrons. The zero-order valence-corrected chi connectivity index (χ0v) is 23.4. The number of hydrogen-bond acceptors (Lipinski definition) is 1. The fraction of sp³-hybridized carbons (Fsp3) is 0.0811. The van der Waals surface area contributed by atoms with E-state index in [2.05, 4.69) is 24.3 Å². The summed E-state index contributed by atoms with van der Waals surface area (Å²) in [5.41, 5.74) is 9.54. The van der Waals surface area contributed by atoms with E-state index in [0.29, 0.717) is 17.7 Å². The van der Waals surface area contributed by atoms with Gasteiger partial charge in [0.1, 0.15) is 11.6 Å². The van der Waals surface area contributed by atoms with E-state index >= 15 is 0 Å². The van der Waals surface area contributed by atoms with Crippen LogP contribution in [-0.4, -0.2) is 4.21 Å². The summed E-state index contributed by atoms with van der Waals surface area (Å²) in [7, 11) is -1.57. The van der Waals surface area contributed by atoms with Crippen LogP contribution >= 0.6 is 0 Å². The third-order valence-corrected chi connectivity index (χ3v) is 8.70. The van der Waals surface area contributed by atoms with Crippen molar-refractivity contribution in [2.45, 2.75) is 24.7 Å². The number of allylic oxidation sites excluding steroid dienone is 3. The van der Waals surface area contributed by atoms with Crippen LogP contribution in [0.5, 0.6) is 0 Å². The number of halogens is 2. The Bertz CT molecular complexity index is 1800. The van der Waals surface area contributed by atoms with Crippen molar-refractivity contribution in [1.29, 1.82) is 0 Å². The monoisotopic (exact) mass is 558 g/mol. The van der Waals surface area contributed by atoms with Crippen LogP contribution in [0.4, 0.5) is 8.78 Å². The molecule has 1 aliphatic rings. The van der Waals surface area contributed by atoms with Gasteiger partial charge in [-0.1, -0.05) is 96.6 Å². The van der Waals surface area contributed by atoms with Gasteiger partial charge in [0.2, 0.25) is 0 Å². The molecule has 0 N–H and O–H groups in total. The van der Waals surface area contributed by atoms with Gasteiger partial charge in [0.15, 0.2) is 0 Å². The predicted octanol–water partition coefficient (Wildman–Crippen LogP) is 9.34. The summed E-state index contributed by atoms with van der Waals surface area (Å²) in [6.07, 6.45) is 1.30. The number of fused-ring (bicyclic) bond motifs is 1. The topological polar surface area (TPSA) is 17.1 Å². The number of rotatable bonds is 7. The van der Waals surface area contributed by atoms with Crippen molar-refractivity contribution in [3.8, 4) is 11.1 Å². The zero-order valence-electron chi connectivity index (χ0n) is 22.6. The minimum Gasteiger partial charge on any atom is -0.250 e. The molecule has 0 amide bonds. The second kappa shape index (κ2) is 11.6. The van der Waals surface area contributed by atoms with Gasteiger partial charge < -0.3 is 0 Å². The highest BCUT2D eigenvalue weighted by Gasteiger charge is 2.28. The molecule has 41 heavy (non-hydrogen) atoms. The lowest BCUT2D eigenvalue weighted by molar-refractivity contribution is 0.627. The molecule has 1 atom stereocenters. The third kappa shape index (κ3) is 5.75. The minimum atomic E-state index is -1.57. The first-order valence-corrected chi connectivity index (χ1v) is 14.8. The van der Waals surface area contributed by atoms with E-state index in [1.165, 1.54) is 18.2 Å². The van der Waals surface area contributed by atoms with Crippen molar-refractivity contribution >= 4 is 21.9 Å². The van der Waals surface area contributed by atoms with E-state index in [9.17, 15) is 13.0 Å². The predicted molar refractivity (Wildman–Crippen MR) is 165 cm³/mol. The van der Waals surface area contributed by atoms with Gasteiger partial charge in [-0.25, -0.2) is 13.0 Å². The lowest BCUT2D eigenvalue weighted by atomic mass is 9.94. The van der Waals surface area contributed by atoms with Gasteiger partial charge in [-0.3, -0.25) is 0 Å². The Balaban J connectivity index is 1.52. The molecule has 0 fully saturated rings. The molecule has 6 rings (SSSR count). The molecule has 0 aliphatic heterocycles. The Labute approximate surface area is 242 Å². The summed E-state index contributed by atoms with van der Waals surface area (Å²) < 4.78 is 42.6. The van der Waals surface area contributed by atoms with Crippen molar-refractivity contribution < 1.29 is 13.0 Å². The maximum Gasteiger partial charge on any atom is 0.123 e. The third-order valence-electron chi connectivity index (χ3n) is 7.47. The summed E-state index contributed by atoms with van der Waals surface area (Å²) in [6.45, 7) is 1.98. The summed E-state index contributed by atoms with van der Waals surface area (Å²) >= 11 is 0. The van der Waals surface area contributed by atoms with E-state index in [0.717, 1.165) is 55.7 Å². The van der Waals surface area contributed by atoms with E-state index in [1.54, 1.807) is 23.6 Å². The van der Waals surface area contributed by atoms with Crippen LogP contribution in [0.1, 0.15) is 27.8 Å². The van der Waals surface area contributed by atoms with Gasteiger partial charge in [0.05, 0.1) is 15.7 Å². The molecule has 0 heterocycles. The average Bonchev–Trinajstić information content (AvgIpc) is 3.25. The van der Waals surface area contributed by atoms with Crippen molar-refractivity contribution in [2.24, 2.45) is 0 Å². The maximum absolute atomic E-state index is 14.7. The molecule has 0 saturated carbocycles. The molecule has 4 heteroatoms. The molecular weight excluding hydrogens is 530 g/mol. The van der Waals surface area contributed by atoms with Crippen molar-refractivity contribution in [3.05, 3.63) is 172 Å². The molecular formula is C37H28F2OS. The second-order valence-electron chi connectivity index (χ2n) is 10.3. The highest BCUT2D eigenvalue weighted by molar-refractivity contribution is 7.88. The summed E-state index contributed by atoms with van der Waals surface area (Å²) in [6, 6.07) is 37.3. The average molecular weight is 559 g/mol. The molecule has 0 aromatic heterocycles. The molecule has 0 spiro atoms. The molecule has 1 aliphatic carbocycles. The Hall–Kier alpha value is -4.41. The van der Waals surface area contributed by atoms with E-state index in [1.807, 2.05) is 67.6 Å². The van der Waals surface area contributed by atoms with Crippen LogP contribution in [0.15, 0.2) is 137 Å². The Morgan fingerprint density at radius 2 is 1.22 bits per heavy atom. The van der Waals surface area contributed by atoms with E-state index in [4.69, 9.17) is 0 Å². The second-order valence-corrected chi connectivity index (χ2v) is 11.6. The van der Waals surface area contributed by atoms with Gasteiger partial charge in [0, 0.05) is 5.41 Å². The molecule has 1 unspecified atom stereocenters. The van der Waals surface area contributed by atoms with Crippen molar-refractivity contribution in [2.75, 3.05) is 0 Å². The number of aryl methyl sites for hydroxylation is 1. The van der Waals surface area contributed by atoms with Gasteiger partial charge in [-0.15, -0.1) is 0 Å². The van der Waals surface area contributed by atoms with E-state index < -0.39 is 10.8 Å². The standard InChI is InChI=1S/C37H28F2OS/c1-25-12-19-37(32(20-25)28-13-15-29(38)16-14-28)41(40)24-36-34(22-27-10-6-3-7-11-27)33(21-26-8-4-2-5-9-26)31-18-17-30(39)23-35(31)36/h2-20,23-24H,21-22H2,1H3/b36-24+. The van der Waals surface area contributed by atoms with Gasteiger partial charge in [-0.2, -0.15) is 0 Å². The summed E-state index contributed by atoms with van der Waals surface area (Å²) in [5.74, 6) is -0.653. The number of benzene rings is 5. The molecule has 5 aromatic rings. The van der Waals surface area contributed by atoms with Crippen LogP contribution in [-0.2, 0) is 23.6 Å². The van der Waals surface area contributed by atoms with E-state index in [-0.39, 0.29) is 11.6 Å². The largest absolute Gasteiger partial charge is 0.250 e. The first-order chi connectivity index (χ1) is 20.0. The molecule has 0 saturated heterocycles. The van der Waals surface area contributed by atoms with Crippen LogP contribution in [0, 0.1) is 18.6 Å². The molecule has 1 nitrogen and oxygen atoms in total. The molecule has 5 aromatic carbocycles. The normalized spacial score (nSPS) is 14.4. The first kappa shape index (κ1) is 26.8. The fourth-order valence-corrected chi connectivity index (χ4v) is 6.68. The van der Waals surface area contributed by atoms with Gasteiger partial charge in [0.25, 0.3) is 0 Å². The zero-order chi connectivity index (χ0) is 28.3. The van der Waals surface area contributed by atoms with Gasteiger partial charge in [-0.05, 0) is 100 Å². The van der Waals surface area contributed by atoms with Crippen LogP contribution in [0.25, 0.3) is 22.3 Å². The van der Waals surface area contributed by atoms with Crippen molar-refractivity contribution in [3.63, 3.8) is 0 Å². The quantitative estimate of drug-likeness (QED) is 0.195. The fourth-order valence-electron chi connectivity index (χ4n) is 5.47. The Kier molecular flexibility index (Phi) is 7.58. The lowest BCUT2D eigenvalue weighted by Crippen LogP contribution is -1.98. The highest BCUT2D eigenvalue weighted by atomic mass is 32.2. The molecule has 0 bridgehead atoms. The molecule has 202 valence electrons. The Morgan fingerprint density at radius 1 is 0.610 bits per heavy atom. The lowest BCUT2D eigenvalue weighted by Gasteiger charge is -2.13. The Morgan fingerprint density at radius 3 is 1.88 bits per heavy atom. The SMILES string of the molecule is Cc1ccc(S(=O)/C=C2\C(Cc3ccccc3)=C(Cc3ccccc3)c3ccc(F)cc32)c(-c2ccc(F)cc2)c1.